The number of para-hydroxylation sites is 1. The molecule has 2 N–H and O–H groups in total. The Labute approximate surface area is 183 Å². The summed E-state index contributed by atoms with van der Waals surface area (Å²) in [6.45, 7) is 6.26. The fraction of sp³-hybridized carbons (Fsp3) is 0.632. The van der Waals surface area contributed by atoms with Gasteiger partial charge in [0, 0.05) is 31.9 Å². The van der Waals surface area contributed by atoms with Gasteiger partial charge in [-0.05, 0) is 39.7 Å². The summed E-state index contributed by atoms with van der Waals surface area (Å²) < 4.78 is 41.0. The van der Waals surface area contributed by atoms with Crippen molar-refractivity contribution in [2.45, 2.75) is 46.8 Å². The van der Waals surface area contributed by atoms with Crippen molar-refractivity contribution in [3.8, 4) is 11.5 Å². The molecule has 0 saturated heterocycles. The number of ether oxygens (including phenoxy) is 3. The average Bonchev–Trinajstić information content (AvgIpc) is 2.64. The second-order valence-electron chi connectivity index (χ2n) is 5.58. The first-order valence-electron chi connectivity index (χ1n) is 9.41. The number of unbranched alkanes of at least 4 members (excludes halogenated alkanes) is 1. The number of aliphatic imine (C=N–C) groups is 1. The summed E-state index contributed by atoms with van der Waals surface area (Å²) in [4.78, 5) is 4.47. The lowest BCUT2D eigenvalue weighted by atomic mass is 10.2. The van der Waals surface area contributed by atoms with Crippen molar-refractivity contribution in [3.63, 3.8) is 0 Å². The zero-order valence-corrected chi connectivity index (χ0v) is 19.1. The molecule has 0 radical (unpaired) electrons. The standard InChI is InChI=1S/C19H31F2N3O3.HI/c1-4-22-19(23-12-7-8-13-25-5-2)24-14-15-10-9-11-16(26-6-3)17(15)27-18(20)21;/h9-11,18H,4-8,12-14H2,1-3H3,(H2,22,23,24);1H. The number of rotatable bonds is 13. The number of nitrogens with one attached hydrogen (secondary N) is 2. The highest BCUT2D eigenvalue weighted by Gasteiger charge is 2.15. The molecule has 28 heavy (non-hydrogen) atoms. The number of benzene rings is 1. The van der Waals surface area contributed by atoms with Crippen LogP contribution in [0.2, 0.25) is 0 Å². The number of hydrogen-bond acceptors (Lipinski definition) is 4. The third kappa shape index (κ3) is 10.8. The summed E-state index contributed by atoms with van der Waals surface area (Å²) >= 11 is 0. The molecule has 0 fully saturated rings. The molecule has 9 heteroatoms. The van der Waals surface area contributed by atoms with Gasteiger partial charge in [-0.1, -0.05) is 12.1 Å². The molecule has 0 saturated carbocycles. The maximum Gasteiger partial charge on any atom is 0.387 e. The molecule has 162 valence electrons. The number of alkyl halides is 2. The van der Waals surface area contributed by atoms with Crippen LogP contribution in [0.25, 0.3) is 0 Å². The minimum absolute atomic E-state index is 0. The van der Waals surface area contributed by atoms with Gasteiger partial charge in [0.2, 0.25) is 0 Å². The second kappa shape index (κ2) is 16.6. The molecule has 0 spiro atoms. The molecule has 0 aromatic heterocycles. The SMILES string of the molecule is CCNC(=NCc1cccc(OCC)c1OC(F)F)NCCCCOCC.I. The lowest BCUT2D eigenvalue weighted by molar-refractivity contribution is -0.0520. The normalized spacial score (nSPS) is 11.1. The van der Waals surface area contributed by atoms with Gasteiger partial charge >= 0.3 is 6.61 Å². The van der Waals surface area contributed by atoms with Crippen LogP contribution in [0.4, 0.5) is 8.78 Å². The van der Waals surface area contributed by atoms with E-state index in [2.05, 4.69) is 20.4 Å². The van der Waals surface area contributed by atoms with E-state index in [1.54, 1.807) is 25.1 Å². The van der Waals surface area contributed by atoms with E-state index < -0.39 is 6.61 Å². The summed E-state index contributed by atoms with van der Waals surface area (Å²) in [6, 6.07) is 5.05. The van der Waals surface area contributed by atoms with Crippen molar-refractivity contribution in [3.05, 3.63) is 23.8 Å². The van der Waals surface area contributed by atoms with Crippen LogP contribution in [0.3, 0.4) is 0 Å². The van der Waals surface area contributed by atoms with Gasteiger partial charge in [-0.2, -0.15) is 8.78 Å². The second-order valence-corrected chi connectivity index (χ2v) is 5.58. The molecular weight excluding hydrogens is 483 g/mol. The van der Waals surface area contributed by atoms with Crippen molar-refractivity contribution in [1.29, 1.82) is 0 Å². The Hall–Kier alpha value is -1.36. The van der Waals surface area contributed by atoms with E-state index in [0.717, 1.165) is 32.6 Å². The minimum atomic E-state index is -2.92. The summed E-state index contributed by atoms with van der Waals surface area (Å²) in [5, 5.41) is 6.37. The summed E-state index contributed by atoms with van der Waals surface area (Å²) in [5.41, 5.74) is 0.537. The molecule has 1 rings (SSSR count). The maximum absolute atomic E-state index is 12.8. The highest BCUT2D eigenvalue weighted by Crippen LogP contribution is 2.33. The first-order valence-corrected chi connectivity index (χ1v) is 9.41. The van der Waals surface area contributed by atoms with Crippen LogP contribution in [-0.4, -0.2) is 45.5 Å². The van der Waals surface area contributed by atoms with Crippen molar-refractivity contribution >= 4 is 29.9 Å². The minimum Gasteiger partial charge on any atom is -0.490 e. The largest absolute Gasteiger partial charge is 0.490 e. The highest BCUT2D eigenvalue weighted by molar-refractivity contribution is 14.0. The maximum atomic E-state index is 12.8. The Kier molecular flexibility index (Phi) is 15.8. The van der Waals surface area contributed by atoms with Gasteiger partial charge in [-0.3, -0.25) is 0 Å². The van der Waals surface area contributed by atoms with Gasteiger partial charge in [-0.15, -0.1) is 24.0 Å². The zero-order chi connectivity index (χ0) is 19.9. The van der Waals surface area contributed by atoms with Gasteiger partial charge in [0.1, 0.15) is 0 Å². The van der Waals surface area contributed by atoms with Crippen LogP contribution in [-0.2, 0) is 11.3 Å². The van der Waals surface area contributed by atoms with Crippen molar-refractivity contribution in [1.82, 2.24) is 10.6 Å². The quantitative estimate of drug-likeness (QED) is 0.179. The van der Waals surface area contributed by atoms with E-state index >= 15 is 0 Å². The van der Waals surface area contributed by atoms with Gasteiger partial charge in [0.15, 0.2) is 17.5 Å². The number of guanidine groups is 1. The average molecular weight is 515 g/mol. The van der Waals surface area contributed by atoms with Crippen LogP contribution < -0.4 is 20.1 Å². The topological polar surface area (TPSA) is 64.1 Å². The van der Waals surface area contributed by atoms with E-state index in [0.29, 0.717) is 30.4 Å². The van der Waals surface area contributed by atoms with Gasteiger partial charge < -0.3 is 24.8 Å². The Morgan fingerprint density at radius 2 is 1.89 bits per heavy atom. The van der Waals surface area contributed by atoms with Gasteiger partial charge in [0.25, 0.3) is 0 Å². The molecule has 0 bridgehead atoms. The monoisotopic (exact) mass is 515 g/mol. The Bertz CT molecular complexity index is 563. The molecule has 1 aromatic carbocycles. The van der Waals surface area contributed by atoms with Crippen LogP contribution in [0.5, 0.6) is 11.5 Å². The summed E-state index contributed by atoms with van der Waals surface area (Å²) in [6.07, 6.45) is 1.91. The summed E-state index contributed by atoms with van der Waals surface area (Å²) in [5.74, 6) is 0.948. The van der Waals surface area contributed by atoms with E-state index in [-0.39, 0.29) is 36.3 Å². The summed E-state index contributed by atoms with van der Waals surface area (Å²) in [7, 11) is 0. The van der Waals surface area contributed by atoms with Crippen molar-refractivity contribution in [2.24, 2.45) is 4.99 Å². The van der Waals surface area contributed by atoms with Crippen LogP contribution >= 0.6 is 24.0 Å². The molecule has 6 nitrogen and oxygen atoms in total. The van der Waals surface area contributed by atoms with E-state index in [4.69, 9.17) is 9.47 Å². The van der Waals surface area contributed by atoms with Crippen LogP contribution in [0.1, 0.15) is 39.2 Å². The fourth-order valence-corrected chi connectivity index (χ4v) is 2.36. The molecule has 0 aliphatic heterocycles. The molecule has 0 aliphatic rings. The molecule has 0 unspecified atom stereocenters. The van der Waals surface area contributed by atoms with E-state index in [1.807, 2.05) is 13.8 Å². The number of halogens is 3. The molecule has 0 atom stereocenters. The smallest absolute Gasteiger partial charge is 0.387 e. The Morgan fingerprint density at radius 3 is 2.54 bits per heavy atom. The zero-order valence-electron chi connectivity index (χ0n) is 16.8. The first kappa shape index (κ1) is 26.6. The molecule has 0 heterocycles. The van der Waals surface area contributed by atoms with Crippen LogP contribution in [0, 0.1) is 0 Å². The molecular formula is C19H32F2IN3O3. The first-order chi connectivity index (χ1) is 13.1. The van der Waals surface area contributed by atoms with Crippen LogP contribution in [0.15, 0.2) is 23.2 Å². The highest BCUT2D eigenvalue weighted by atomic mass is 127. The molecule has 1 aromatic rings. The lowest BCUT2D eigenvalue weighted by Crippen LogP contribution is -2.37. The number of nitrogens with zero attached hydrogens (tertiary/aromatic N) is 1. The predicted molar refractivity (Wildman–Crippen MR) is 118 cm³/mol. The Morgan fingerprint density at radius 1 is 1.11 bits per heavy atom. The van der Waals surface area contributed by atoms with Crippen molar-refractivity contribution in [2.75, 3.05) is 32.9 Å². The Balaban J connectivity index is 0.00000729. The van der Waals surface area contributed by atoms with E-state index in [9.17, 15) is 8.78 Å². The molecule has 0 aliphatic carbocycles. The molecule has 0 amide bonds. The van der Waals surface area contributed by atoms with Gasteiger partial charge in [0.05, 0.1) is 13.2 Å². The van der Waals surface area contributed by atoms with Crippen molar-refractivity contribution < 1.29 is 23.0 Å². The predicted octanol–water partition coefficient (Wildman–Crippen LogP) is 4.18. The third-order valence-electron chi connectivity index (χ3n) is 3.53. The number of hydrogen-bond donors (Lipinski definition) is 2. The third-order valence-corrected chi connectivity index (χ3v) is 3.53. The fourth-order valence-electron chi connectivity index (χ4n) is 2.36. The van der Waals surface area contributed by atoms with Gasteiger partial charge in [-0.25, -0.2) is 4.99 Å². The lowest BCUT2D eigenvalue weighted by Gasteiger charge is -2.15. The van der Waals surface area contributed by atoms with E-state index in [1.165, 1.54) is 0 Å².